The molecule has 4 heteroatoms. The first kappa shape index (κ1) is 17.0. The average molecular weight is 356 g/mol. The maximum Gasteiger partial charge on any atom is 0.0635 e. The summed E-state index contributed by atoms with van der Waals surface area (Å²) in [7, 11) is 0. The standard InChI is InChI=1S/C17H30BrN3/c1-12(2)21-16(15(18)11-20-21)14-9-7-6-8-13(14)10-19-17(3,4)5/h11-14,19H,6-10H2,1-5H3. The first-order chi connectivity index (χ1) is 9.79. The summed E-state index contributed by atoms with van der Waals surface area (Å²) in [6.07, 6.45) is 7.28. The van der Waals surface area contributed by atoms with Crippen molar-refractivity contribution >= 4 is 15.9 Å². The molecule has 0 aromatic carbocycles. The number of nitrogens with zero attached hydrogens (tertiary/aromatic N) is 2. The van der Waals surface area contributed by atoms with Crippen molar-refractivity contribution in [1.29, 1.82) is 0 Å². The summed E-state index contributed by atoms with van der Waals surface area (Å²) in [5.74, 6) is 1.33. The highest BCUT2D eigenvalue weighted by molar-refractivity contribution is 9.10. The second-order valence-electron chi connectivity index (χ2n) is 7.70. The minimum Gasteiger partial charge on any atom is -0.312 e. The van der Waals surface area contributed by atoms with Crippen LogP contribution < -0.4 is 5.32 Å². The highest BCUT2D eigenvalue weighted by Crippen LogP contribution is 2.41. The molecule has 1 aliphatic rings. The topological polar surface area (TPSA) is 29.9 Å². The Kier molecular flexibility index (Phi) is 5.53. The van der Waals surface area contributed by atoms with Gasteiger partial charge < -0.3 is 5.32 Å². The zero-order chi connectivity index (χ0) is 15.6. The fourth-order valence-corrected chi connectivity index (χ4v) is 3.93. The van der Waals surface area contributed by atoms with E-state index >= 15 is 0 Å². The summed E-state index contributed by atoms with van der Waals surface area (Å²) < 4.78 is 3.40. The van der Waals surface area contributed by atoms with Crippen LogP contribution in [-0.2, 0) is 0 Å². The van der Waals surface area contributed by atoms with Gasteiger partial charge in [-0.3, -0.25) is 4.68 Å². The van der Waals surface area contributed by atoms with E-state index in [2.05, 4.69) is 65.6 Å². The molecule has 120 valence electrons. The van der Waals surface area contributed by atoms with Crippen LogP contribution in [0.5, 0.6) is 0 Å². The first-order valence-electron chi connectivity index (χ1n) is 8.27. The maximum absolute atomic E-state index is 4.58. The van der Waals surface area contributed by atoms with E-state index in [1.165, 1.54) is 35.8 Å². The minimum atomic E-state index is 0.192. The lowest BCUT2D eigenvalue weighted by atomic mass is 9.77. The van der Waals surface area contributed by atoms with Gasteiger partial charge in [-0.1, -0.05) is 12.8 Å². The molecular weight excluding hydrogens is 326 g/mol. The molecule has 1 heterocycles. The number of halogens is 1. The molecule has 0 bridgehead atoms. The molecule has 0 spiro atoms. The van der Waals surface area contributed by atoms with Crippen LogP contribution in [0.3, 0.4) is 0 Å². The van der Waals surface area contributed by atoms with Gasteiger partial charge in [0, 0.05) is 17.5 Å². The Hall–Kier alpha value is -0.350. The smallest absolute Gasteiger partial charge is 0.0635 e. The van der Waals surface area contributed by atoms with E-state index in [1.807, 2.05) is 6.20 Å². The lowest BCUT2D eigenvalue weighted by molar-refractivity contribution is 0.257. The van der Waals surface area contributed by atoms with Crippen molar-refractivity contribution in [2.24, 2.45) is 5.92 Å². The third kappa shape index (κ3) is 4.32. The predicted octanol–water partition coefficient (Wildman–Crippen LogP) is 4.89. The highest BCUT2D eigenvalue weighted by atomic mass is 79.9. The summed E-state index contributed by atoms with van der Waals surface area (Å²) in [6.45, 7) is 12.3. The van der Waals surface area contributed by atoms with Crippen LogP contribution >= 0.6 is 15.9 Å². The van der Waals surface area contributed by atoms with Gasteiger partial charge in [-0.05, 0) is 75.9 Å². The van der Waals surface area contributed by atoms with Gasteiger partial charge in [0.15, 0.2) is 0 Å². The van der Waals surface area contributed by atoms with Gasteiger partial charge in [-0.15, -0.1) is 0 Å². The van der Waals surface area contributed by atoms with E-state index in [1.54, 1.807) is 0 Å². The number of aromatic nitrogens is 2. The van der Waals surface area contributed by atoms with Crippen LogP contribution in [-0.4, -0.2) is 21.9 Å². The third-order valence-electron chi connectivity index (χ3n) is 4.43. The van der Waals surface area contributed by atoms with Crippen molar-refractivity contribution in [3.63, 3.8) is 0 Å². The summed E-state index contributed by atoms with van der Waals surface area (Å²) in [6, 6.07) is 0.421. The molecule has 1 N–H and O–H groups in total. The second kappa shape index (κ2) is 6.82. The van der Waals surface area contributed by atoms with E-state index in [9.17, 15) is 0 Å². The lowest BCUT2D eigenvalue weighted by Crippen LogP contribution is -2.41. The normalized spacial score (nSPS) is 23.8. The molecule has 0 aliphatic heterocycles. The highest BCUT2D eigenvalue weighted by Gasteiger charge is 2.31. The number of hydrogen-bond acceptors (Lipinski definition) is 2. The number of rotatable bonds is 4. The van der Waals surface area contributed by atoms with Crippen LogP contribution in [0.25, 0.3) is 0 Å². The second-order valence-corrected chi connectivity index (χ2v) is 8.55. The zero-order valence-electron chi connectivity index (χ0n) is 14.1. The van der Waals surface area contributed by atoms with Crippen molar-refractivity contribution in [3.8, 4) is 0 Å². The largest absolute Gasteiger partial charge is 0.312 e. The zero-order valence-corrected chi connectivity index (χ0v) is 15.7. The monoisotopic (exact) mass is 355 g/mol. The summed E-state index contributed by atoms with van der Waals surface area (Å²) in [5, 5.41) is 8.29. The summed E-state index contributed by atoms with van der Waals surface area (Å²) in [4.78, 5) is 0. The number of nitrogens with one attached hydrogen (secondary N) is 1. The SMILES string of the molecule is CC(C)n1ncc(Br)c1C1CCCCC1CNC(C)(C)C. The molecule has 3 nitrogen and oxygen atoms in total. The van der Waals surface area contributed by atoms with Crippen molar-refractivity contribution in [2.45, 2.75) is 77.8 Å². The molecule has 1 aromatic heterocycles. The molecule has 1 fully saturated rings. The Morgan fingerprint density at radius 2 is 2.00 bits per heavy atom. The number of hydrogen-bond donors (Lipinski definition) is 1. The van der Waals surface area contributed by atoms with E-state index in [-0.39, 0.29) is 5.54 Å². The van der Waals surface area contributed by atoms with Crippen molar-refractivity contribution in [2.75, 3.05) is 6.54 Å². The Bertz CT molecular complexity index is 459. The molecule has 0 amide bonds. The quantitative estimate of drug-likeness (QED) is 0.833. The van der Waals surface area contributed by atoms with Gasteiger partial charge in [0.1, 0.15) is 0 Å². The average Bonchev–Trinajstić information content (AvgIpc) is 2.78. The van der Waals surface area contributed by atoms with Crippen LogP contribution in [0, 0.1) is 5.92 Å². The van der Waals surface area contributed by atoms with Crippen LogP contribution in [0.1, 0.15) is 78.0 Å². The van der Waals surface area contributed by atoms with Gasteiger partial charge in [0.25, 0.3) is 0 Å². The molecule has 1 aromatic rings. The lowest BCUT2D eigenvalue weighted by Gasteiger charge is -2.35. The molecule has 1 saturated carbocycles. The van der Waals surface area contributed by atoms with Gasteiger partial charge in [0.2, 0.25) is 0 Å². The molecular formula is C17H30BrN3. The Balaban J connectivity index is 2.20. The third-order valence-corrected chi connectivity index (χ3v) is 5.04. The fourth-order valence-electron chi connectivity index (χ4n) is 3.36. The molecule has 2 rings (SSSR count). The summed E-state index contributed by atoms with van der Waals surface area (Å²) >= 11 is 3.74. The molecule has 0 radical (unpaired) electrons. The van der Waals surface area contributed by atoms with Crippen molar-refractivity contribution in [1.82, 2.24) is 15.1 Å². The predicted molar refractivity (Wildman–Crippen MR) is 92.8 cm³/mol. The fraction of sp³-hybridized carbons (Fsp3) is 0.824. The van der Waals surface area contributed by atoms with Crippen molar-refractivity contribution < 1.29 is 0 Å². The first-order valence-corrected chi connectivity index (χ1v) is 9.07. The van der Waals surface area contributed by atoms with Gasteiger partial charge in [0.05, 0.1) is 16.4 Å². The van der Waals surface area contributed by atoms with Crippen molar-refractivity contribution in [3.05, 3.63) is 16.4 Å². The van der Waals surface area contributed by atoms with E-state index in [0.717, 1.165) is 6.54 Å². The van der Waals surface area contributed by atoms with Gasteiger partial charge in [-0.2, -0.15) is 5.10 Å². The molecule has 2 unspecified atom stereocenters. The van der Waals surface area contributed by atoms with Gasteiger partial charge in [-0.25, -0.2) is 0 Å². The van der Waals surface area contributed by atoms with E-state index in [0.29, 0.717) is 17.9 Å². The molecule has 2 atom stereocenters. The molecule has 0 saturated heterocycles. The molecule has 21 heavy (non-hydrogen) atoms. The molecule has 1 aliphatic carbocycles. The van der Waals surface area contributed by atoms with Crippen LogP contribution in [0.4, 0.5) is 0 Å². The Morgan fingerprint density at radius 1 is 1.33 bits per heavy atom. The summed E-state index contributed by atoms with van der Waals surface area (Å²) in [5.41, 5.74) is 1.60. The maximum atomic E-state index is 4.58. The van der Waals surface area contributed by atoms with E-state index in [4.69, 9.17) is 0 Å². The van der Waals surface area contributed by atoms with Crippen LogP contribution in [0.15, 0.2) is 10.7 Å². The van der Waals surface area contributed by atoms with Gasteiger partial charge >= 0.3 is 0 Å². The minimum absolute atomic E-state index is 0.192. The van der Waals surface area contributed by atoms with E-state index < -0.39 is 0 Å². The Labute approximate surface area is 138 Å². The Morgan fingerprint density at radius 3 is 2.62 bits per heavy atom. The van der Waals surface area contributed by atoms with Crippen LogP contribution in [0.2, 0.25) is 0 Å².